The van der Waals surface area contributed by atoms with E-state index >= 15 is 0 Å². The topological polar surface area (TPSA) is 69.0 Å². The first-order valence-electron chi connectivity index (χ1n) is 9.77. The molecule has 0 saturated heterocycles. The third-order valence-electron chi connectivity index (χ3n) is 4.40. The van der Waals surface area contributed by atoms with Crippen LogP contribution in [0.15, 0.2) is 36.4 Å². The molecular weight excluding hydrogens is 423 g/mol. The summed E-state index contributed by atoms with van der Waals surface area (Å²) in [6.07, 6.45) is 1.91. The number of hydrogen-bond donors (Lipinski definition) is 1. The van der Waals surface area contributed by atoms with Gasteiger partial charge in [0.1, 0.15) is 5.82 Å². The number of unbranched alkanes of at least 4 members (excludes halogenated alkanes) is 1. The molecule has 0 fully saturated rings. The van der Waals surface area contributed by atoms with Crippen molar-refractivity contribution in [1.29, 1.82) is 0 Å². The fourth-order valence-corrected chi connectivity index (χ4v) is 3.43. The number of aryl methyl sites for hydroxylation is 2. The predicted octanol–water partition coefficient (Wildman–Crippen LogP) is 5.68. The van der Waals surface area contributed by atoms with Gasteiger partial charge in [-0.15, -0.1) is 0 Å². The van der Waals surface area contributed by atoms with Gasteiger partial charge in [0.15, 0.2) is 5.69 Å². The van der Waals surface area contributed by atoms with E-state index in [1.54, 1.807) is 22.9 Å². The number of ether oxygens (including phenoxy) is 1. The summed E-state index contributed by atoms with van der Waals surface area (Å²) in [5.41, 5.74) is 2.92. The lowest BCUT2D eigenvalue weighted by molar-refractivity contribution is 0.102. The highest BCUT2D eigenvalue weighted by Crippen LogP contribution is 2.24. The normalized spacial score (nSPS) is 10.8. The van der Waals surface area contributed by atoms with Crippen LogP contribution in [-0.2, 0) is 6.54 Å². The molecule has 3 rings (SSSR count). The molecule has 0 aliphatic carbocycles. The Labute approximate surface area is 186 Å². The van der Waals surface area contributed by atoms with Crippen molar-refractivity contribution < 1.29 is 9.53 Å². The van der Waals surface area contributed by atoms with E-state index in [1.165, 1.54) is 0 Å². The lowest BCUT2D eigenvalue weighted by Gasteiger charge is -2.10. The van der Waals surface area contributed by atoms with Gasteiger partial charge in [-0.2, -0.15) is 5.10 Å². The fourth-order valence-electron chi connectivity index (χ4n) is 2.96. The number of rotatable bonds is 8. The summed E-state index contributed by atoms with van der Waals surface area (Å²) in [6, 6.07) is 10.7. The first kappa shape index (κ1) is 22.1. The van der Waals surface area contributed by atoms with Crippen molar-refractivity contribution in [2.45, 2.75) is 40.2 Å². The molecule has 6 nitrogen and oxygen atoms in total. The van der Waals surface area contributed by atoms with Crippen LogP contribution in [0.2, 0.25) is 10.0 Å². The number of halogens is 2. The maximum atomic E-state index is 12.8. The zero-order chi connectivity index (χ0) is 21.7. The van der Waals surface area contributed by atoms with Gasteiger partial charge in [-0.3, -0.25) is 4.79 Å². The quantitative estimate of drug-likeness (QED) is 0.451. The van der Waals surface area contributed by atoms with Crippen LogP contribution in [0.5, 0.6) is 5.88 Å². The summed E-state index contributed by atoms with van der Waals surface area (Å²) in [5.74, 6) is 0.642. The summed E-state index contributed by atoms with van der Waals surface area (Å²) in [4.78, 5) is 17.1. The molecule has 2 aromatic heterocycles. The van der Waals surface area contributed by atoms with E-state index in [-0.39, 0.29) is 11.6 Å². The van der Waals surface area contributed by atoms with Crippen molar-refractivity contribution in [3.63, 3.8) is 0 Å². The second kappa shape index (κ2) is 9.96. The summed E-state index contributed by atoms with van der Waals surface area (Å²) in [5, 5.41) is 8.34. The summed E-state index contributed by atoms with van der Waals surface area (Å²) < 4.78 is 7.50. The van der Waals surface area contributed by atoms with Crippen molar-refractivity contribution >= 4 is 34.9 Å². The van der Waals surface area contributed by atoms with Crippen molar-refractivity contribution in [3.05, 3.63) is 69.0 Å². The zero-order valence-corrected chi connectivity index (χ0v) is 18.7. The number of aromatic nitrogens is 3. The number of carbonyl (C=O) groups is 1. The van der Waals surface area contributed by atoms with Gasteiger partial charge >= 0.3 is 0 Å². The molecule has 0 bridgehead atoms. The summed E-state index contributed by atoms with van der Waals surface area (Å²) in [7, 11) is 0. The number of amides is 1. The van der Waals surface area contributed by atoms with Crippen molar-refractivity contribution in [3.8, 4) is 5.88 Å². The zero-order valence-electron chi connectivity index (χ0n) is 17.2. The Kier molecular flexibility index (Phi) is 7.34. The predicted molar refractivity (Wildman–Crippen MR) is 120 cm³/mol. The van der Waals surface area contributed by atoms with E-state index in [2.05, 4.69) is 22.3 Å². The number of nitrogens with one attached hydrogen (secondary N) is 1. The van der Waals surface area contributed by atoms with E-state index in [0.717, 1.165) is 29.7 Å². The largest absolute Gasteiger partial charge is 0.478 e. The lowest BCUT2D eigenvalue weighted by atomic mass is 10.2. The minimum absolute atomic E-state index is 0.243. The molecule has 1 amide bonds. The molecule has 8 heteroatoms. The van der Waals surface area contributed by atoms with Gasteiger partial charge in [-0.05, 0) is 55.7 Å². The Bertz CT molecular complexity index is 1030. The van der Waals surface area contributed by atoms with E-state index in [4.69, 9.17) is 27.9 Å². The molecule has 0 aliphatic heterocycles. The van der Waals surface area contributed by atoms with Gasteiger partial charge in [0.2, 0.25) is 5.88 Å². The minimum atomic E-state index is -0.353. The Morgan fingerprint density at radius 2 is 1.97 bits per heavy atom. The fraction of sp³-hybridized carbons (Fsp3) is 0.318. The standard InChI is InChI=1S/C22H24Cl2N4O2/c1-4-5-8-30-21-12-19(22(29)26-20-10-14(2)9-15(3)25-20)27-28(21)13-16-6-7-17(23)11-18(16)24/h6-7,9-12H,4-5,8,13H2,1-3H3,(H,25,26,29). The van der Waals surface area contributed by atoms with Gasteiger partial charge in [-0.25, -0.2) is 9.67 Å². The van der Waals surface area contributed by atoms with Crippen LogP contribution in [0.3, 0.4) is 0 Å². The van der Waals surface area contributed by atoms with E-state index in [0.29, 0.717) is 34.9 Å². The molecular formula is C22H24Cl2N4O2. The van der Waals surface area contributed by atoms with Crippen LogP contribution in [0.1, 0.15) is 47.1 Å². The number of hydrogen-bond acceptors (Lipinski definition) is 4. The molecule has 0 spiro atoms. The minimum Gasteiger partial charge on any atom is -0.478 e. The number of nitrogens with zero attached hydrogens (tertiary/aromatic N) is 3. The van der Waals surface area contributed by atoms with Crippen molar-refractivity contribution in [2.24, 2.45) is 0 Å². The average molecular weight is 447 g/mol. The van der Waals surface area contributed by atoms with E-state index in [9.17, 15) is 4.79 Å². The molecule has 0 radical (unpaired) electrons. The molecule has 3 aromatic rings. The van der Waals surface area contributed by atoms with Crippen LogP contribution in [-0.4, -0.2) is 27.3 Å². The van der Waals surface area contributed by atoms with Gasteiger partial charge in [-0.1, -0.05) is 42.6 Å². The number of anilines is 1. The summed E-state index contributed by atoms with van der Waals surface area (Å²) >= 11 is 12.3. The van der Waals surface area contributed by atoms with Crippen LogP contribution in [0, 0.1) is 13.8 Å². The maximum Gasteiger partial charge on any atom is 0.277 e. The first-order chi connectivity index (χ1) is 14.4. The monoisotopic (exact) mass is 446 g/mol. The molecule has 158 valence electrons. The molecule has 2 heterocycles. The highest BCUT2D eigenvalue weighted by Gasteiger charge is 2.17. The number of pyridine rings is 1. The number of benzene rings is 1. The number of carbonyl (C=O) groups excluding carboxylic acids is 1. The van der Waals surface area contributed by atoms with Crippen molar-refractivity contribution in [2.75, 3.05) is 11.9 Å². The third kappa shape index (κ3) is 5.74. The molecule has 30 heavy (non-hydrogen) atoms. The van der Waals surface area contributed by atoms with Crippen molar-refractivity contribution in [1.82, 2.24) is 14.8 Å². The lowest BCUT2D eigenvalue weighted by Crippen LogP contribution is -2.15. The summed E-state index contributed by atoms with van der Waals surface area (Å²) in [6.45, 7) is 6.81. The second-order valence-electron chi connectivity index (χ2n) is 7.09. The van der Waals surface area contributed by atoms with E-state index < -0.39 is 0 Å². The Balaban J connectivity index is 1.85. The first-order valence-corrected chi connectivity index (χ1v) is 10.5. The molecule has 0 atom stereocenters. The van der Waals surface area contributed by atoms with Gasteiger partial charge in [0, 0.05) is 21.8 Å². The average Bonchev–Trinajstić information content (AvgIpc) is 3.06. The van der Waals surface area contributed by atoms with Crippen LogP contribution >= 0.6 is 23.2 Å². The van der Waals surface area contributed by atoms with Crippen LogP contribution in [0.4, 0.5) is 5.82 Å². The Hall–Kier alpha value is -2.57. The maximum absolute atomic E-state index is 12.8. The second-order valence-corrected chi connectivity index (χ2v) is 7.93. The molecule has 1 N–H and O–H groups in total. The van der Waals surface area contributed by atoms with E-state index in [1.807, 2.05) is 32.0 Å². The smallest absolute Gasteiger partial charge is 0.277 e. The Morgan fingerprint density at radius 3 is 2.67 bits per heavy atom. The molecule has 0 unspecified atom stereocenters. The van der Waals surface area contributed by atoms with Gasteiger partial charge in [0.25, 0.3) is 5.91 Å². The SMILES string of the molecule is CCCCOc1cc(C(=O)Nc2cc(C)cc(C)n2)nn1Cc1ccc(Cl)cc1Cl. The highest BCUT2D eigenvalue weighted by molar-refractivity contribution is 6.35. The third-order valence-corrected chi connectivity index (χ3v) is 4.99. The van der Waals surface area contributed by atoms with Crippen LogP contribution < -0.4 is 10.1 Å². The Morgan fingerprint density at radius 1 is 1.17 bits per heavy atom. The van der Waals surface area contributed by atoms with Crippen LogP contribution in [0.25, 0.3) is 0 Å². The molecule has 1 aromatic carbocycles. The molecule has 0 saturated carbocycles. The van der Waals surface area contributed by atoms with Gasteiger partial charge < -0.3 is 10.1 Å². The molecule has 0 aliphatic rings. The highest BCUT2D eigenvalue weighted by atomic mass is 35.5. The van der Waals surface area contributed by atoms with Gasteiger partial charge in [0.05, 0.1) is 13.2 Å².